The van der Waals surface area contributed by atoms with Crippen LogP contribution in [-0.2, 0) is 24.4 Å². The fraction of sp³-hybridized carbons (Fsp3) is 0.308. The number of alkyl halides is 3. The average molecular weight is 593 g/mol. The molecule has 1 fully saturated rings. The second-order valence-corrected chi connectivity index (χ2v) is 12.2. The molecule has 0 amide bonds. The Morgan fingerprint density at radius 1 is 0.864 bits per heavy atom. The molecular weight excluding hydrogens is 553 g/mol. The number of hydrogen-bond acceptors (Lipinski definition) is 2. The van der Waals surface area contributed by atoms with Crippen molar-refractivity contribution in [2.24, 2.45) is 5.92 Å². The van der Waals surface area contributed by atoms with Crippen molar-refractivity contribution in [2.75, 3.05) is 13.1 Å². The molecule has 44 heavy (non-hydrogen) atoms. The zero-order valence-electron chi connectivity index (χ0n) is 25.5. The van der Waals surface area contributed by atoms with E-state index in [9.17, 15) is 18.4 Å². The first-order chi connectivity index (χ1) is 21.1. The summed E-state index contributed by atoms with van der Waals surface area (Å²) < 4.78 is 42.4. The van der Waals surface area contributed by atoms with Crippen LogP contribution in [-0.4, -0.2) is 18.0 Å². The van der Waals surface area contributed by atoms with E-state index in [2.05, 4.69) is 79.9 Å². The van der Waals surface area contributed by atoms with Gasteiger partial charge in [-0.1, -0.05) is 112 Å². The summed E-state index contributed by atoms with van der Waals surface area (Å²) in [6.07, 6.45) is -0.290. The van der Waals surface area contributed by atoms with Crippen LogP contribution in [0.3, 0.4) is 0 Å². The molecule has 1 aliphatic rings. The molecule has 1 aliphatic heterocycles. The highest BCUT2D eigenvalue weighted by Gasteiger charge is 2.41. The topological polar surface area (TPSA) is 27.0 Å². The van der Waals surface area contributed by atoms with Crippen molar-refractivity contribution in [2.45, 2.75) is 57.5 Å². The molecule has 0 radical (unpaired) electrons. The molecule has 4 aromatic carbocycles. The Balaban J connectivity index is 1.49. The van der Waals surface area contributed by atoms with Crippen molar-refractivity contribution in [3.63, 3.8) is 0 Å². The zero-order chi connectivity index (χ0) is 31.3. The van der Waals surface area contributed by atoms with E-state index in [1.807, 2.05) is 24.3 Å². The van der Waals surface area contributed by atoms with Crippen molar-refractivity contribution >= 4 is 5.70 Å². The van der Waals surface area contributed by atoms with Gasteiger partial charge in [0.05, 0.1) is 17.2 Å². The summed E-state index contributed by atoms with van der Waals surface area (Å²) >= 11 is 0. The molecule has 0 bridgehead atoms. The van der Waals surface area contributed by atoms with Crippen LogP contribution in [0.15, 0.2) is 104 Å². The Hall–Kier alpha value is -4.30. The molecule has 1 atom stereocenters. The highest BCUT2D eigenvalue weighted by Crippen LogP contribution is 2.44. The number of likely N-dealkylation sites (tertiary alicyclic amines) is 1. The van der Waals surface area contributed by atoms with Crippen molar-refractivity contribution in [1.82, 2.24) is 4.90 Å². The van der Waals surface area contributed by atoms with Gasteiger partial charge in [-0.2, -0.15) is 18.4 Å². The fourth-order valence-electron chi connectivity index (χ4n) is 6.79. The van der Waals surface area contributed by atoms with E-state index in [-0.39, 0.29) is 11.5 Å². The molecular formula is C39H39F3N2. The molecule has 0 spiro atoms. The summed E-state index contributed by atoms with van der Waals surface area (Å²) in [5, 5.41) is 9.46. The monoisotopic (exact) mass is 592 g/mol. The molecule has 1 heterocycles. The average Bonchev–Trinajstić information content (AvgIpc) is 3.04. The molecule has 1 unspecified atom stereocenters. The molecule has 2 nitrogen and oxygen atoms in total. The Kier molecular flexibility index (Phi) is 9.30. The second kappa shape index (κ2) is 13.1. The predicted molar refractivity (Wildman–Crippen MR) is 173 cm³/mol. The smallest absolute Gasteiger partial charge is 0.372 e. The van der Waals surface area contributed by atoms with Gasteiger partial charge in [0.15, 0.2) is 0 Å². The third-order valence-electron chi connectivity index (χ3n) is 9.29. The van der Waals surface area contributed by atoms with Gasteiger partial charge in [0, 0.05) is 18.8 Å². The molecule has 4 aromatic rings. The molecule has 5 heteroatoms. The van der Waals surface area contributed by atoms with Gasteiger partial charge in [-0.25, -0.2) is 0 Å². The van der Waals surface area contributed by atoms with Crippen LogP contribution >= 0.6 is 0 Å². The van der Waals surface area contributed by atoms with Crippen LogP contribution in [0.2, 0.25) is 0 Å². The van der Waals surface area contributed by atoms with Crippen LogP contribution in [0, 0.1) is 17.2 Å². The van der Waals surface area contributed by atoms with Crippen LogP contribution in [0.1, 0.15) is 66.5 Å². The fourth-order valence-corrected chi connectivity index (χ4v) is 6.79. The highest BCUT2D eigenvalue weighted by atomic mass is 19.4. The van der Waals surface area contributed by atoms with E-state index in [0.717, 1.165) is 66.7 Å². The lowest BCUT2D eigenvalue weighted by atomic mass is 9.64. The SMILES string of the molecule is C=C(c1ccccc1)N1CCC(C(C)(Cc2cccc(-c3cccc(CCC)c3)c2)c2ccc(C#N)c(C(F)(F)F)c2)CC1. The van der Waals surface area contributed by atoms with Gasteiger partial charge < -0.3 is 4.90 Å². The summed E-state index contributed by atoms with van der Waals surface area (Å²) in [5.41, 5.74) is 5.51. The largest absolute Gasteiger partial charge is 0.417 e. The minimum Gasteiger partial charge on any atom is -0.372 e. The van der Waals surface area contributed by atoms with Gasteiger partial charge in [0.2, 0.25) is 0 Å². The van der Waals surface area contributed by atoms with E-state index >= 15 is 0 Å². The number of nitriles is 1. The standard InChI is InChI=1S/C39H39F3N2/c1-4-10-29-11-8-15-32(23-29)33-16-9-12-30(24-33)26-38(3,36-18-17-34(27-43)37(25-36)39(40,41)42)35-19-21-44(22-20-35)28(2)31-13-6-5-7-14-31/h5-9,11-18,23-25,35H,2,4,10,19-22,26H2,1,3H3. The molecule has 0 saturated carbocycles. The van der Waals surface area contributed by atoms with Crippen LogP contribution in [0.25, 0.3) is 16.8 Å². The summed E-state index contributed by atoms with van der Waals surface area (Å²) in [4.78, 5) is 2.29. The first-order valence-corrected chi connectivity index (χ1v) is 15.4. The van der Waals surface area contributed by atoms with E-state index in [1.54, 1.807) is 12.1 Å². The number of rotatable bonds is 9. The normalized spacial score (nSPS) is 15.4. The summed E-state index contributed by atoms with van der Waals surface area (Å²) in [6.45, 7) is 10.2. The van der Waals surface area contributed by atoms with Crippen molar-refractivity contribution < 1.29 is 13.2 Å². The predicted octanol–water partition coefficient (Wildman–Crippen LogP) is 10.1. The molecule has 5 rings (SSSR count). The number of nitrogens with zero attached hydrogens (tertiary/aromatic N) is 2. The van der Waals surface area contributed by atoms with E-state index < -0.39 is 17.2 Å². The van der Waals surface area contributed by atoms with Crippen LogP contribution in [0.5, 0.6) is 0 Å². The maximum absolute atomic E-state index is 14.1. The first-order valence-electron chi connectivity index (χ1n) is 15.4. The Morgan fingerprint density at radius 3 is 2.11 bits per heavy atom. The van der Waals surface area contributed by atoms with Gasteiger partial charge >= 0.3 is 6.18 Å². The lowest BCUT2D eigenvalue weighted by molar-refractivity contribution is -0.137. The highest BCUT2D eigenvalue weighted by molar-refractivity contribution is 5.65. The molecule has 0 aliphatic carbocycles. The lowest BCUT2D eigenvalue weighted by Crippen LogP contribution is -2.42. The first kappa shape index (κ1) is 31.1. The van der Waals surface area contributed by atoms with Gasteiger partial charge in [-0.15, -0.1) is 0 Å². The minimum atomic E-state index is -4.61. The molecule has 0 N–H and O–H groups in total. The maximum atomic E-state index is 14.1. The van der Waals surface area contributed by atoms with E-state index in [1.165, 1.54) is 17.7 Å². The second-order valence-electron chi connectivity index (χ2n) is 12.2. The number of hydrogen-bond donors (Lipinski definition) is 0. The third kappa shape index (κ3) is 6.76. The number of aryl methyl sites for hydroxylation is 1. The molecule has 1 saturated heterocycles. The number of benzene rings is 4. The lowest BCUT2D eigenvalue weighted by Gasteiger charge is -2.44. The Morgan fingerprint density at radius 2 is 1.50 bits per heavy atom. The van der Waals surface area contributed by atoms with Crippen molar-refractivity contribution in [3.05, 3.63) is 137 Å². The van der Waals surface area contributed by atoms with Gasteiger partial charge in [0.1, 0.15) is 0 Å². The third-order valence-corrected chi connectivity index (χ3v) is 9.29. The van der Waals surface area contributed by atoms with Crippen molar-refractivity contribution in [3.8, 4) is 17.2 Å². The van der Waals surface area contributed by atoms with Crippen LogP contribution < -0.4 is 0 Å². The van der Waals surface area contributed by atoms with Crippen LogP contribution in [0.4, 0.5) is 13.2 Å². The van der Waals surface area contributed by atoms with Crippen molar-refractivity contribution in [1.29, 1.82) is 5.26 Å². The molecule has 0 aromatic heterocycles. The summed E-state index contributed by atoms with van der Waals surface area (Å²) in [7, 11) is 0. The van der Waals surface area contributed by atoms with E-state index in [4.69, 9.17) is 0 Å². The number of piperidine rings is 1. The quantitative estimate of drug-likeness (QED) is 0.193. The maximum Gasteiger partial charge on any atom is 0.417 e. The Bertz CT molecular complexity index is 1640. The Labute approximate surface area is 259 Å². The molecule has 226 valence electrons. The number of halogens is 3. The summed E-state index contributed by atoms with van der Waals surface area (Å²) in [5.74, 6) is 0.132. The van der Waals surface area contributed by atoms with Gasteiger partial charge in [-0.05, 0) is 82.5 Å². The minimum absolute atomic E-state index is 0.132. The van der Waals surface area contributed by atoms with Gasteiger partial charge in [-0.3, -0.25) is 0 Å². The van der Waals surface area contributed by atoms with E-state index in [0.29, 0.717) is 12.0 Å². The summed E-state index contributed by atoms with van der Waals surface area (Å²) in [6, 6.07) is 33.1. The zero-order valence-corrected chi connectivity index (χ0v) is 25.5. The van der Waals surface area contributed by atoms with Gasteiger partial charge in [0.25, 0.3) is 0 Å².